The van der Waals surface area contributed by atoms with E-state index in [9.17, 15) is 9.59 Å². The average molecular weight is 400 g/mol. The number of carbonyl (C=O) groups excluding carboxylic acids is 2. The van der Waals surface area contributed by atoms with E-state index in [0.29, 0.717) is 33.8 Å². The lowest BCUT2D eigenvalue weighted by molar-refractivity contribution is -0.121. The van der Waals surface area contributed by atoms with E-state index in [-0.39, 0.29) is 18.2 Å². The minimum atomic E-state index is -0.162. The van der Waals surface area contributed by atoms with Crippen molar-refractivity contribution in [1.29, 1.82) is 0 Å². The predicted molar refractivity (Wildman–Crippen MR) is 103 cm³/mol. The van der Waals surface area contributed by atoms with Crippen molar-refractivity contribution in [1.82, 2.24) is 5.32 Å². The average Bonchev–Trinajstić information content (AvgIpc) is 2.52. The Morgan fingerprint density at radius 3 is 2.12 bits per heavy atom. The number of benzene rings is 2. The highest BCUT2D eigenvalue weighted by molar-refractivity contribution is 6.35. The molecule has 4 nitrogen and oxygen atoms in total. The lowest BCUT2D eigenvalue weighted by Gasteiger charge is -2.22. The monoisotopic (exact) mass is 398 g/mol. The number of nitrogens with zero attached hydrogens (tertiary/aromatic N) is 1. The van der Waals surface area contributed by atoms with Crippen molar-refractivity contribution < 1.29 is 9.59 Å². The molecule has 2 rings (SSSR count). The van der Waals surface area contributed by atoms with E-state index < -0.39 is 0 Å². The Hall–Kier alpha value is -1.75. The van der Waals surface area contributed by atoms with Crippen molar-refractivity contribution in [3.8, 4) is 0 Å². The van der Waals surface area contributed by atoms with Crippen LogP contribution < -0.4 is 10.2 Å². The molecule has 0 saturated carbocycles. The van der Waals surface area contributed by atoms with Gasteiger partial charge in [-0.3, -0.25) is 9.59 Å². The summed E-state index contributed by atoms with van der Waals surface area (Å²) in [5, 5.41) is 4.31. The Morgan fingerprint density at radius 2 is 1.56 bits per heavy atom. The highest BCUT2D eigenvalue weighted by atomic mass is 35.5. The number of nitrogens with one attached hydrogen (secondary N) is 1. The van der Waals surface area contributed by atoms with Crippen LogP contribution in [0.4, 0.5) is 5.69 Å². The summed E-state index contributed by atoms with van der Waals surface area (Å²) in [6.45, 7) is 2.08. The van der Waals surface area contributed by atoms with Gasteiger partial charge in [0.2, 0.25) is 11.8 Å². The molecule has 0 unspecified atom stereocenters. The molecule has 0 atom stereocenters. The second-order valence-electron chi connectivity index (χ2n) is 5.45. The van der Waals surface area contributed by atoms with Crippen LogP contribution in [0.25, 0.3) is 0 Å². The van der Waals surface area contributed by atoms with Crippen LogP contribution in [0.1, 0.15) is 12.5 Å². The zero-order chi connectivity index (χ0) is 18.4. The van der Waals surface area contributed by atoms with Crippen LogP contribution in [0.5, 0.6) is 0 Å². The topological polar surface area (TPSA) is 49.4 Å². The molecule has 0 aliphatic carbocycles. The Labute approximate surface area is 161 Å². The summed E-state index contributed by atoms with van der Waals surface area (Å²) in [5.74, 6) is -0.291. The fourth-order valence-electron chi connectivity index (χ4n) is 2.32. The number of rotatable bonds is 6. The number of hydrogen-bond donors (Lipinski definition) is 1. The summed E-state index contributed by atoms with van der Waals surface area (Å²) >= 11 is 17.8. The SMILES string of the molecule is CC(=O)N(CCNC(=O)Cc1ccc(Cl)cc1)c1cc(Cl)cc(Cl)c1. The van der Waals surface area contributed by atoms with E-state index in [1.54, 1.807) is 42.5 Å². The maximum atomic E-state index is 12.0. The summed E-state index contributed by atoms with van der Waals surface area (Å²) < 4.78 is 0. The molecule has 0 saturated heterocycles. The van der Waals surface area contributed by atoms with Gasteiger partial charge in [-0.2, -0.15) is 0 Å². The van der Waals surface area contributed by atoms with Crippen LogP contribution in [0.2, 0.25) is 15.1 Å². The minimum absolute atomic E-state index is 0.130. The largest absolute Gasteiger partial charge is 0.354 e. The molecule has 132 valence electrons. The fourth-order valence-corrected chi connectivity index (χ4v) is 2.96. The second kappa shape index (κ2) is 9.09. The third-order valence-electron chi connectivity index (χ3n) is 3.47. The molecule has 0 fully saturated rings. The number of hydrogen-bond acceptors (Lipinski definition) is 2. The van der Waals surface area contributed by atoms with E-state index in [4.69, 9.17) is 34.8 Å². The number of anilines is 1. The van der Waals surface area contributed by atoms with E-state index in [1.165, 1.54) is 11.8 Å². The molecular formula is C18H17Cl3N2O2. The molecule has 25 heavy (non-hydrogen) atoms. The minimum Gasteiger partial charge on any atom is -0.354 e. The van der Waals surface area contributed by atoms with Crippen LogP contribution in [0, 0.1) is 0 Å². The first-order chi connectivity index (χ1) is 11.8. The quantitative estimate of drug-likeness (QED) is 0.784. The Bertz CT molecular complexity index is 743. The summed E-state index contributed by atoms with van der Waals surface area (Å²) in [4.78, 5) is 25.4. The first-order valence-electron chi connectivity index (χ1n) is 7.60. The van der Waals surface area contributed by atoms with E-state index in [2.05, 4.69) is 5.32 Å². The van der Waals surface area contributed by atoms with Crippen LogP contribution >= 0.6 is 34.8 Å². The van der Waals surface area contributed by atoms with Crippen molar-refractivity contribution in [3.05, 3.63) is 63.1 Å². The van der Waals surface area contributed by atoms with Gasteiger partial charge in [0.1, 0.15) is 0 Å². The van der Waals surface area contributed by atoms with Crippen LogP contribution in [0.15, 0.2) is 42.5 Å². The second-order valence-corrected chi connectivity index (χ2v) is 6.76. The van der Waals surface area contributed by atoms with Crippen molar-refractivity contribution in [2.24, 2.45) is 0 Å². The third kappa shape index (κ3) is 6.24. The van der Waals surface area contributed by atoms with Gasteiger partial charge in [0.15, 0.2) is 0 Å². The first kappa shape index (κ1) is 19.6. The number of amides is 2. The normalized spacial score (nSPS) is 10.4. The highest BCUT2D eigenvalue weighted by Crippen LogP contribution is 2.25. The van der Waals surface area contributed by atoms with Gasteiger partial charge >= 0.3 is 0 Å². The van der Waals surface area contributed by atoms with Crippen molar-refractivity contribution >= 4 is 52.3 Å². The predicted octanol–water partition coefficient (Wildman–Crippen LogP) is 4.36. The van der Waals surface area contributed by atoms with E-state index >= 15 is 0 Å². The van der Waals surface area contributed by atoms with Crippen molar-refractivity contribution in [2.45, 2.75) is 13.3 Å². The lowest BCUT2D eigenvalue weighted by Crippen LogP contribution is -2.38. The molecule has 2 aromatic rings. The zero-order valence-corrected chi connectivity index (χ0v) is 15.8. The fraction of sp³-hybridized carbons (Fsp3) is 0.222. The van der Waals surface area contributed by atoms with Gasteiger partial charge in [-0.05, 0) is 35.9 Å². The van der Waals surface area contributed by atoms with Crippen molar-refractivity contribution in [3.63, 3.8) is 0 Å². The Balaban J connectivity index is 1.92. The summed E-state index contributed by atoms with van der Waals surface area (Å²) in [5.41, 5.74) is 1.46. The Kier molecular flexibility index (Phi) is 7.12. The van der Waals surface area contributed by atoms with Crippen LogP contribution in [-0.2, 0) is 16.0 Å². The van der Waals surface area contributed by atoms with Gasteiger partial charge in [-0.25, -0.2) is 0 Å². The molecule has 7 heteroatoms. The smallest absolute Gasteiger partial charge is 0.224 e. The van der Waals surface area contributed by atoms with Crippen LogP contribution in [-0.4, -0.2) is 24.9 Å². The Morgan fingerprint density at radius 1 is 0.960 bits per heavy atom. The van der Waals surface area contributed by atoms with Gasteiger partial charge in [-0.1, -0.05) is 46.9 Å². The third-order valence-corrected chi connectivity index (χ3v) is 4.16. The van der Waals surface area contributed by atoms with Gasteiger partial charge in [-0.15, -0.1) is 0 Å². The van der Waals surface area contributed by atoms with Gasteiger partial charge in [0.05, 0.1) is 6.42 Å². The molecule has 2 aromatic carbocycles. The van der Waals surface area contributed by atoms with Gasteiger partial charge in [0, 0.05) is 40.8 Å². The molecule has 0 bridgehead atoms. The molecule has 0 spiro atoms. The van der Waals surface area contributed by atoms with E-state index in [0.717, 1.165) is 5.56 Å². The summed E-state index contributed by atoms with van der Waals surface area (Å²) in [7, 11) is 0. The van der Waals surface area contributed by atoms with Gasteiger partial charge in [0.25, 0.3) is 0 Å². The molecule has 0 radical (unpaired) electrons. The maximum absolute atomic E-state index is 12.0. The molecule has 0 aromatic heterocycles. The van der Waals surface area contributed by atoms with E-state index in [1.807, 2.05) is 0 Å². The molecule has 1 N–H and O–H groups in total. The van der Waals surface area contributed by atoms with Crippen LogP contribution in [0.3, 0.4) is 0 Å². The number of halogens is 3. The summed E-state index contributed by atoms with van der Waals surface area (Å²) in [6, 6.07) is 12.0. The number of carbonyl (C=O) groups is 2. The molecule has 2 amide bonds. The maximum Gasteiger partial charge on any atom is 0.224 e. The van der Waals surface area contributed by atoms with Gasteiger partial charge < -0.3 is 10.2 Å². The standard InChI is InChI=1S/C18H17Cl3N2O2/c1-12(24)23(17-10-15(20)9-16(21)11-17)7-6-22-18(25)8-13-2-4-14(19)5-3-13/h2-5,9-11H,6-8H2,1H3,(H,22,25). The lowest BCUT2D eigenvalue weighted by atomic mass is 10.1. The highest BCUT2D eigenvalue weighted by Gasteiger charge is 2.13. The molecule has 0 aliphatic heterocycles. The molecule has 0 aliphatic rings. The molecule has 0 heterocycles. The van der Waals surface area contributed by atoms with Crippen molar-refractivity contribution in [2.75, 3.05) is 18.0 Å². The first-order valence-corrected chi connectivity index (χ1v) is 8.74. The molecular weight excluding hydrogens is 383 g/mol. The summed E-state index contributed by atoms with van der Waals surface area (Å²) in [6.07, 6.45) is 0.250. The zero-order valence-electron chi connectivity index (χ0n) is 13.6.